The van der Waals surface area contributed by atoms with Crippen molar-refractivity contribution >= 4 is 0 Å². The van der Waals surface area contributed by atoms with Crippen molar-refractivity contribution in [3.8, 4) is 0 Å². The summed E-state index contributed by atoms with van der Waals surface area (Å²) in [6, 6.07) is 0. The predicted molar refractivity (Wildman–Crippen MR) is 59.6 cm³/mol. The molecule has 0 spiro atoms. The summed E-state index contributed by atoms with van der Waals surface area (Å²) in [4.78, 5) is 13.3. The molecule has 0 aromatic heterocycles. The van der Waals surface area contributed by atoms with Gasteiger partial charge in [0.25, 0.3) is 0 Å². The smallest absolute Gasteiger partial charge is 0.338 e. The summed E-state index contributed by atoms with van der Waals surface area (Å²) >= 11 is 0. The van der Waals surface area contributed by atoms with Gasteiger partial charge in [0.05, 0.1) is 0 Å². The van der Waals surface area contributed by atoms with Crippen LogP contribution < -0.4 is 15.7 Å². The molecule has 0 bridgehead atoms. The molecule has 0 saturated carbocycles. The number of nitrogens with one attached hydrogen (secondary N) is 2. The van der Waals surface area contributed by atoms with Crippen molar-refractivity contribution < 1.29 is 10.0 Å². The molecule has 0 amide bonds. The van der Waals surface area contributed by atoms with Gasteiger partial charge >= 0.3 is 5.82 Å². The molecular weight excluding hydrogens is 226 g/mol. The van der Waals surface area contributed by atoms with Crippen LogP contribution in [0.1, 0.15) is 0 Å². The molecule has 0 saturated heterocycles. The van der Waals surface area contributed by atoms with E-state index >= 15 is 0 Å². The van der Waals surface area contributed by atoms with Gasteiger partial charge < -0.3 is 30.3 Å². The highest BCUT2D eigenvalue weighted by atomic mass is 16.6. The van der Waals surface area contributed by atoms with Crippen LogP contribution in [0.2, 0.25) is 0 Å². The van der Waals surface area contributed by atoms with Crippen molar-refractivity contribution in [2.45, 2.75) is 0 Å². The molecule has 1 aliphatic rings. The number of nitro groups is 1. The number of likely N-dealkylation sites (N-methyl/N-ethyl adjacent to an activating group) is 1. The van der Waals surface area contributed by atoms with Crippen LogP contribution in [0.15, 0.2) is 23.7 Å². The Morgan fingerprint density at radius 3 is 2.76 bits per heavy atom. The molecular formula is C9H16N5O3-. The molecule has 0 aromatic carbocycles. The van der Waals surface area contributed by atoms with E-state index in [4.69, 9.17) is 0 Å². The summed E-state index contributed by atoms with van der Waals surface area (Å²) in [5.41, 5.74) is 0. The molecule has 0 atom stereocenters. The van der Waals surface area contributed by atoms with E-state index in [2.05, 4.69) is 10.6 Å². The van der Waals surface area contributed by atoms with E-state index in [1.165, 1.54) is 11.1 Å². The Morgan fingerprint density at radius 2 is 2.29 bits per heavy atom. The Bertz CT molecular complexity index is 364. The van der Waals surface area contributed by atoms with Gasteiger partial charge in [-0.15, -0.1) is 0 Å². The third kappa shape index (κ3) is 3.52. The first-order chi connectivity index (χ1) is 7.91. The molecule has 1 aliphatic heterocycles. The maximum absolute atomic E-state index is 11.7. The standard InChI is InChI=1S/C9H17N5O3/c1-12(2)5-4-10-9(15)8-11-7(14(16)17)6-13(8)3/h6,10-11,15H,4-5H2,1-3H3/p-1. The topological polar surface area (TPSA) is 96.7 Å². The first kappa shape index (κ1) is 13.1. The fourth-order valence-electron chi connectivity index (χ4n) is 1.28. The van der Waals surface area contributed by atoms with Crippen LogP contribution in [0.4, 0.5) is 0 Å². The summed E-state index contributed by atoms with van der Waals surface area (Å²) in [7, 11) is 5.36. The summed E-state index contributed by atoms with van der Waals surface area (Å²) in [6.45, 7) is 1.19. The van der Waals surface area contributed by atoms with Gasteiger partial charge in [-0.25, -0.2) is 5.32 Å². The van der Waals surface area contributed by atoms with Crippen LogP contribution >= 0.6 is 0 Å². The molecule has 0 aliphatic carbocycles. The summed E-state index contributed by atoms with van der Waals surface area (Å²) in [6.07, 6.45) is 1.26. The van der Waals surface area contributed by atoms with Gasteiger partial charge in [-0.3, -0.25) is 0 Å². The Kier molecular flexibility index (Phi) is 4.16. The SMILES string of the molecule is CN(C)CCNC([O-])=C1NC([N+](=O)[O-])=CN1C. The molecule has 8 heteroatoms. The van der Waals surface area contributed by atoms with E-state index < -0.39 is 4.92 Å². The zero-order chi connectivity index (χ0) is 13.0. The lowest BCUT2D eigenvalue weighted by Gasteiger charge is -2.20. The number of hydrogen-bond acceptors (Lipinski definition) is 7. The lowest BCUT2D eigenvalue weighted by atomic mass is 10.5. The Balaban J connectivity index is 2.58. The molecule has 0 radical (unpaired) electrons. The molecule has 96 valence electrons. The fraction of sp³-hybridized carbons (Fsp3) is 0.556. The highest BCUT2D eigenvalue weighted by Gasteiger charge is 2.24. The second-order valence-corrected chi connectivity index (χ2v) is 3.92. The van der Waals surface area contributed by atoms with E-state index in [1.54, 1.807) is 7.05 Å². The van der Waals surface area contributed by atoms with Crippen molar-refractivity contribution in [1.29, 1.82) is 0 Å². The molecule has 0 fully saturated rings. The van der Waals surface area contributed by atoms with Crippen molar-refractivity contribution in [2.24, 2.45) is 0 Å². The Labute approximate surface area is 99.3 Å². The minimum Gasteiger partial charge on any atom is -0.856 e. The maximum atomic E-state index is 11.7. The van der Waals surface area contributed by atoms with Gasteiger partial charge in [0, 0.05) is 26.0 Å². The molecule has 0 aromatic rings. The maximum Gasteiger partial charge on any atom is 0.338 e. The lowest BCUT2D eigenvalue weighted by Crippen LogP contribution is -2.35. The van der Waals surface area contributed by atoms with E-state index in [9.17, 15) is 15.2 Å². The molecule has 0 unspecified atom stereocenters. The first-order valence-corrected chi connectivity index (χ1v) is 5.07. The third-order valence-electron chi connectivity index (χ3n) is 2.17. The van der Waals surface area contributed by atoms with Crippen LogP contribution in [0.5, 0.6) is 0 Å². The van der Waals surface area contributed by atoms with Crippen LogP contribution in [0, 0.1) is 10.1 Å². The zero-order valence-corrected chi connectivity index (χ0v) is 10.1. The summed E-state index contributed by atoms with van der Waals surface area (Å²) in [5, 5.41) is 27.3. The largest absolute Gasteiger partial charge is 0.856 e. The number of rotatable bonds is 5. The first-order valence-electron chi connectivity index (χ1n) is 5.07. The molecule has 1 heterocycles. The van der Waals surface area contributed by atoms with Gasteiger partial charge in [-0.05, 0) is 19.0 Å². The normalized spacial score (nSPS) is 17.9. The van der Waals surface area contributed by atoms with E-state index in [0.717, 1.165) is 0 Å². The molecule has 1 rings (SSSR count). The minimum atomic E-state index is -0.573. The average Bonchev–Trinajstić information content (AvgIpc) is 2.59. The van der Waals surface area contributed by atoms with Gasteiger partial charge in [-0.2, -0.15) is 0 Å². The van der Waals surface area contributed by atoms with Crippen LogP contribution in [0.25, 0.3) is 0 Å². The zero-order valence-electron chi connectivity index (χ0n) is 10.1. The second-order valence-electron chi connectivity index (χ2n) is 3.92. The third-order valence-corrected chi connectivity index (χ3v) is 2.17. The highest BCUT2D eigenvalue weighted by Crippen LogP contribution is 2.12. The molecule has 2 N–H and O–H groups in total. The quantitative estimate of drug-likeness (QED) is 0.335. The highest BCUT2D eigenvalue weighted by molar-refractivity contribution is 5.17. The van der Waals surface area contributed by atoms with Crippen molar-refractivity contribution in [3.63, 3.8) is 0 Å². The second kappa shape index (κ2) is 5.39. The Hall–Kier alpha value is -1.96. The molecule has 8 nitrogen and oxygen atoms in total. The molecule has 17 heavy (non-hydrogen) atoms. The Morgan fingerprint density at radius 1 is 1.65 bits per heavy atom. The van der Waals surface area contributed by atoms with Crippen molar-refractivity contribution in [1.82, 2.24) is 20.4 Å². The average molecular weight is 242 g/mol. The van der Waals surface area contributed by atoms with Crippen LogP contribution in [-0.2, 0) is 0 Å². The monoisotopic (exact) mass is 242 g/mol. The van der Waals surface area contributed by atoms with Crippen LogP contribution in [-0.4, -0.2) is 49.0 Å². The number of hydrogen-bond donors (Lipinski definition) is 2. The predicted octanol–water partition coefficient (Wildman–Crippen LogP) is -1.76. The summed E-state index contributed by atoms with van der Waals surface area (Å²) in [5.74, 6) is -0.400. The van der Waals surface area contributed by atoms with E-state index in [1.807, 2.05) is 19.0 Å². The van der Waals surface area contributed by atoms with E-state index in [-0.39, 0.29) is 17.5 Å². The minimum absolute atomic E-state index is 0.162. The van der Waals surface area contributed by atoms with Crippen molar-refractivity contribution in [3.05, 3.63) is 33.8 Å². The van der Waals surface area contributed by atoms with Crippen LogP contribution in [0.3, 0.4) is 0 Å². The lowest BCUT2D eigenvalue weighted by molar-refractivity contribution is -0.430. The van der Waals surface area contributed by atoms with Crippen molar-refractivity contribution in [2.75, 3.05) is 34.2 Å². The number of nitrogens with zero attached hydrogens (tertiary/aromatic N) is 3. The van der Waals surface area contributed by atoms with Gasteiger partial charge in [0.1, 0.15) is 6.20 Å². The van der Waals surface area contributed by atoms with Gasteiger partial charge in [0.2, 0.25) is 5.82 Å². The van der Waals surface area contributed by atoms with Gasteiger partial charge in [0.15, 0.2) is 0 Å². The fourth-order valence-corrected chi connectivity index (χ4v) is 1.28. The van der Waals surface area contributed by atoms with Gasteiger partial charge in [-0.1, -0.05) is 0 Å². The van der Waals surface area contributed by atoms with E-state index in [0.29, 0.717) is 13.1 Å². The summed E-state index contributed by atoms with van der Waals surface area (Å²) < 4.78 is 0.